The molecule has 1 saturated heterocycles. The summed E-state index contributed by atoms with van der Waals surface area (Å²) in [6.45, 7) is 7.69. The number of hydrogen-bond donors (Lipinski definition) is 0. The van der Waals surface area contributed by atoms with Gasteiger partial charge in [0.25, 0.3) is 0 Å². The first-order valence-electron chi connectivity index (χ1n) is 9.41. The highest BCUT2D eigenvalue weighted by Gasteiger charge is 2.23. The molecule has 1 fully saturated rings. The van der Waals surface area contributed by atoms with Gasteiger partial charge in [0.05, 0.1) is 17.3 Å². The van der Waals surface area contributed by atoms with Gasteiger partial charge in [-0.1, -0.05) is 35.9 Å². The highest BCUT2D eigenvalue weighted by Crippen LogP contribution is 2.23. The minimum absolute atomic E-state index is 0.0428. The molecule has 27 heavy (non-hydrogen) atoms. The lowest BCUT2D eigenvalue weighted by Gasteiger charge is -2.32. The Morgan fingerprint density at radius 2 is 1.85 bits per heavy atom. The van der Waals surface area contributed by atoms with E-state index in [9.17, 15) is 0 Å². The third kappa shape index (κ3) is 4.80. The minimum Gasteiger partial charge on any atom is -0.369 e. The van der Waals surface area contributed by atoms with Crippen molar-refractivity contribution < 1.29 is 4.74 Å². The zero-order valence-corrected chi connectivity index (χ0v) is 16.7. The lowest BCUT2D eigenvalue weighted by molar-refractivity contribution is -0.0347. The van der Waals surface area contributed by atoms with Crippen LogP contribution in [0, 0.1) is 13.8 Å². The number of nitrogens with zero attached hydrogens (tertiary/aromatic N) is 3. The van der Waals surface area contributed by atoms with Crippen molar-refractivity contribution in [1.29, 1.82) is 0 Å². The van der Waals surface area contributed by atoms with Crippen molar-refractivity contribution in [1.82, 2.24) is 14.9 Å². The van der Waals surface area contributed by atoms with Crippen molar-refractivity contribution in [3.05, 3.63) is 81.1 Å². The van der Waals surface area contributed by atoms with E-state index in [1.54, 1.807) is 11.3 Å². The van der Waals surface area contributed by atoms with E-state index in [1.807, 2.05) is 12.4 Å². The third-order valence-corrected chi connectivity index (χ3v) is 5.80. The molecule has 4 rings (SSSR count). The highest BCUT2D eigenvalue weighted by molar-refractivity contribution is 7.11. The Hall–Kier alpha value is -2.08. The van der Waals surface area contributed by atoms with Gasteiger partial charge in [-0.25, -0.2) is 4.98 Å². The predicted molar refractivity (Wildman–Crippen MR) is 109 cm³/mol. The molecule has 1 aliphatic rings. The Labute approximate surface area is 164 Å². The largest absolute Gasteiger partial charge is 0.369 e. The summed E-state index contributed by atoms with van der Waals surface area (Å²) in [4.78, 5) is 12.8. The summed E-state index contributed by atoms with van der Waals surface area (Å²) in [7, 11) is 0. The monoisotopic (exact) mass is 379 g/mol. The fourth-order valence-corrected chi connectivity index (χ4v) is 4.23. The van der Waals surface area contributed by atoms with Gasteiger partial charge < -0.3 is 4.74 Å². The average molecular weight is 380 g/mol. The molecule has 0 amide bonds. The van der Waals surface area contributed by atoms with Crippen LogP contribution in [0.3, 0.4) is 0 Å². The molecule has 5 heteroatoms. The maximum atomic E-state index is 5.99. The second kappa shape index (κ2) is 8.30. The quantitative estimate of drug-likeness (QED) is 0.662. The summed E-state index contributed by atoms with van der Waals surface area (Å²) in [5, 5.41) is 1.13. The first-order chi connectivity index (χ1) is 13.2. The number of ether oxygens (including phenoxy) is 1. The maximum Gasteiger partial charge on any atom is 0.112 e. The number of benzene rings is 1. The van der Waals surface area contributed by atoms with Gasteiger partial charge in [0, 0.05) is 36.9 Å². The summed E-state index contributed by atoms with van der Waals surface area (Å²) in [5.41, 5.74) is 4.86. The Bertz CT molecular complexity index is 873. The SMILES string of the molecule is Cc1ccc(Cc2ccc([C@H]3CN(Cc4cnc(C)s4)CCO3)nc2)cc1. The van der Waals surface area contributed by atoms with Crippen LogP contribution < -0.4 is 0 Å². The maximum absolute atomic E-state index is 5.99. The van der Waals surface area contributed by atoms with Gasteiger partial charge in [-0.2, -0.15) is 0 Å². The zero-order chi connectivity index (χ0) is 18.6. The topological polar surface area (TPSA) is 38.2 Å². The Morgan fingerprint density at radius 3 is 2.56 bits per heavy atom. The lowest BCUT2D eigenvalue weighted by Crippen LogP contribution is -2.37. The van der Waals surface area contributed by atoms with Crippen molar-refractivity contribution in [2.24, 2.45) is 0 Å². The predicted octanol–water partition coefficient (Wildman–Crippen LogP) is 4.32. The summed E-state index contributed by atoms with van der Waals surface area (Å²) >= 11 is 1.77. The molecule has 140 valence electrons. The summed E-state index contributed by atoms with van der Waals surface area (Å²) < 4.78 is 5.99. The minimum atomic E-state index is 0.0428. The number of rotatable bonds is 5. The van der Waals surface area contributed by atoms with E-state index in [0.717, 1.165) is 43.4 Å². The third-order valence-electron chi connectivity index (χ3n) is 4.91. The van der Waals surface area contributed by atoms with Crippen LogP contribution in [0.2, 0.25) is 0 Å². The second-order valence-electron chi connectivity index (χ2n) is 7.19. The Morgan fingerprint density at radius 1 is 1.04 bits per heavy atom. The first-order valence-corrected chi connectivity index (χ1v) is 10.2. The smallest absolute Gasteiger partial charge is 0.112 e. The number of aromatic nitrogens is 2. The van der Waals surface area contributed by atoms with Gasteiger partial charge in [0.1, 0.15) is 6.10 Å². The van der Waals surface area contributed by atoms with Gasteiger partial charge >= 0.3 is 0 Å². The van der Waals surface area contributed by atoms with E-state index in [2.05, 4.69) is 60.1 Å². The molecule has 1 aromatic carbocycles. The number of thiazole rings is 1. The van der Waals surface area contributed by atoms with E-state index in [4.69, 9.17) is 9.72 Å². The molecule has 4 nitrogen and oxygen atoms in total. The number of morpholine rings is 1. The van der Waals surface area contributed by atoms with Crippen molar-refractivity contribution in [2.75, 3.05) is 19.7 Å². The number of pyridine rings is 1. The van der Waals surface area contributed by atoms with Crippen LogP contribution in [0.25, 0.3) is 0 Å². The second-order valence-corrected chi connectivity index (χ2v) is 8.51. The van der Waals surface area contributed by atoms with Crippen molar-refractivity contribution >= 4 is 11.3 Å². The molecule has 0 radical (unpaired) electrons. The number of hydrogen-bond acceptors (Lipinski definition) is 5. The first kappa shape index (κ1) is 18.3. The van der Waals surface area contributed by atoms with Crippen LogP contribution in [0.1, 0.15) is 38.4 Å². The number of aryl methyl sites for hydroxylation is 2. The Kier molecular flexibility index (Phi) is 5.62. The van der Waals surface area contributed by atoms with E-state index in [1.165, 1.54) is 21.6 Å². The van der Waals surface area contributed by atoms with Crippen LogP contribution in [0.5, 0.6) is 0 Å². The molecular weight excluding hydrogens is 354 g/mol. The van der Waals surface area contributed by atoms with Crippen LogP contribution in [0.4, 0.5) is 0 Å². The normalized spacial score (nSPS) is 17.9. The average Bonchev–Trinajstić information content (AvgIpc) is 3.09. The van der Waals surface area contributed by atoms with Crippen molar-refractivity contribution in [3.63, 3.8) is 0 Å². The van der Waals surface area contributed by atoms with Gasteiger partial charge in [0.2, 0.25) is 0 Å². The van der Waals surface area contributed by atoms with Crippen LogP contribution >= 0.6 is 11.3 Å². The van der Waals surface area contributed by atoms with Gasteiger partial charge in [-0.05, 0) is 37.5 Å². The van der Waals surface area contributed by atoms with E-state index >= 15 is 0 Å². The van der Waals surface area contributed by atoms with Crippen LogP contribution in [-0.4, -0.2) is 34.6 Å². The molecule has 1 aliphatic heterocycles. The summed E-state index contributed by atoms with van der Waals surface area (Å²) in [6.07, 6.45) is 4.93. The summed E-state index contributed by atoms with van der Waals surface area (Å²) in [6, 6.07) is 13.0. The van der Waals surface area contributed by atoms with Crippen molar-refractivity contribution in [3.8, 4) is 0 Å². The fraction of sp³-hybridized carbons (Fsp3) is 0.364. The molecule has 3 aromatic rings. The van der Waals surface area contributed by atoms with Gasteiger partial charge in [0.15, 0.2) is 0 Å². The standard InChI is InChI=1S/C22H25N3OS/c1-16-3-5-18(6-4-16)11-19-7-8-21(24-12-19)22-15-25(9-10-26-22)14-20-13-23-17(2)27-20/h3-8,12-13,22H,9-11,14-15H2,1-2H3/t22-/m1/s1. The zero-order valence-electron chi connectivity index (χ0n) is 15.9. The van der Waals surface area contributed by atoms with E-state index in [-0.39, 0.29) is 6.10 Å². The molecule has 0 bridgehead atoms. The highest BCUT2D eigenvalue weighted by atomic mass is 32.1. The van der Waals surface area contributed by atoms with E-state index < -0.39 is 0 Å². The van der Waals surface area contributed by atoms with E-state index in [0.29, 0.717) is 0 Å². The molecule has 0 saturated carbocycles. The molecular formula is C22H25N3OS. The molecule has 0 N–H and O–H groups in total. The Balaban J connectivity index is 1.38. The lowest BCUT2D eigenvalue weighted by atomic mass is 10.0. The molecule has 0 spiro atoms. The fourth-order valence-electron chi connectivity index (χ4n) is 3.40. The molecule has 2 aromatic heterocycles. The molecule has 0 aliphatic carbocycles. The molecule has 3 heterocycles. The molecule has 0 unspecified atom stereocenters. The van der Waals surface area contributed by atoms with Crippen LogP contribution in [0.15, 0.2) is 48.8 Å². The van der Waals surface area contributed by atoms with Gasteiger partial charge in [-0.3, -0.25) is 9.88 Å². The van der Waals surface area contributed by atoms with Crippen LogP contribution in [-0.2, 0) is 17.7 Å². The summed E-state index contributed by atoms with van der Waals surface area (Å²) in [5.74, 6) is 0. The van der Waals surface area contributed by atoms with Crippen molar-refractivity contribution in [2.45, 2.75) is 32.9 Å². The molecule has 1 atom stereocenters. The van der Waals surface area contributed by atoms with Gasteiger partial charge in [-0.15, -0.1) is 11.3 Å².